The Hall–Kier alpha value is -3.21. The molecule has 0 saturated carbocycles. The molecule has 2 heterocycles. The van der Waals surface area contributed by atoms with E-state index in [1.54, 1.807) is 0 Å². The van der Waals surface area contributed by atoms with Crippen LogP contribution in [0.1, 0.15) is 54.7 Å². The molecule has 31 heavy (non-hydrogen) atoms. The van der Waals surface area contributed by atoms with Crippen LogP contribution in [0.15, 0.2) is 41.3 Å². The van der Waals surface area contributed by atoms with Gasteiger partial charge in [0, 0.05) is 18.1 Å². The summed E-state index contributed by atoms with van der Waals surface area (Å²) in [5.74, 6) is -1.16. The smallest absolute Gasteiger partial charge is 0.442 e. The first-order valence-corrected chi connectivity index (χ1v) is 9.52. The average molecular weight is 440 g/mol. The van der Waals surface area contributed by atoms with Gasteiger partial charge in [0.1, 0.15) is 23.7 Å². The second-order valence-corrected chi connectivity index (χ2v) is 6.84. The zero-order chi connectivity index (χ0) is 22.4. The van der Waals surface area contributed by atoms with Gasteiger partial charge in [0.2, 0.25) is 5.78 Å². The van der Waals surface area contributed by atoms with Gasteiger partial charge in [-0.25, -0.2) is 14.4 Å². The minimum Gasteiger partial charge on any atom is -0.442 e. The number of carbonyl (C=O) groups excluding carboxylic acids is 1. The number of hydrogen-bond acceptors (Lipinski definition) is 6. The van der Waals surface area contributed by atoms with Gasteiger partial charge in [-0.1, -0.05) is 12.8 Å². The summed E-state index contributed by atoms with van der Waals surface area (Å²) in [6, 6.07) is 2.41. The van der Waals surface area contributed by atoms with Crippen molar-refractivity contribution >= 4 is 5.78 Å². The molecule has 0 unspecified atom stereocenters. The Labute approximate surface area is 174 Å². The van der Waals surface area contributed by atoms with Gasteiger partial charge in [-0.2, -0.15) is 0 Å². The Morgan fingerprint density at radius 2 is 2.03 bits per heavy atom. The second kappa shape index (κ2) is 9.73. The fourth-order valence-electron chi connectivity index (χ4n) is 3.00. The van der Waals surface area contributed by atoms with Crippen LogP contribution in [-0.4, -0.2) is 27.1 Å². The summed E-state index contributed by atoms with van der Waals surface area (Å²) in [4.78, 5) is 22.6. The summed E-state index contributed by atoms with van der Waals surface area (Å²) in [6.45, 7) is 0. The first-order chi connectivity index (χ1) is 14.7. The SMILES string of the molecule is N[C@@H](CCCCCC(=O)c1ncco1)c1ncc(-c2ccc(OC(F)(F)F)cc2F)[nH]1. The number of ketones is 1. The molecule has 166 valence electrons. The lowest BCUT2D eigenvalue weighted by molar-refractivity contribution is -0.274. The van der Waals surface area contributed by atoms with E-state index in [2.05, 4.69) is 19.7 Å². The van der Waals surface area contributed by atoms with Gasteiger partial charge < -0.3 is 19.9 Å². The van der Waals surface area contributed by atoms with E-state index in [1.807, 2.05) is 0 Å². The fraction of sp³-hybridized carbons (Fsp3) is 0.350. The number of Topliss-reactive ketones (excluding diaryl/α,β-unsaturated/α-hetero) is 1. The molecule has 0 aliphatic rings. The van der Waals surface area contributed by atoms with Crippen LogP contribution in [0.4, 0.5) is 17.6 Å². The van der Waals surface area contributed by atoms with Gasteiger partial charge in [0.25, 0.3) is 5.89 Å². The lowest BCUT2D eigenvalue weighted by Crippen LogP contribution is -2.17. The first kappa shape index (κ1) is 22.5. The van der Waals surface area contributed by atoms with Crippen LogP contribution in [0.2, 0.25) is 0 Å². The molecule has 11 heteroatoms. The molecule has 1 aromatic carbocycles. The van der Waals surface area contributed by atoms with Crippen LogP contribution in [0.5, 0.6) is 5.75 Å². The molecule has 0 bridgehead atoms. The molecule has 0 spiro atoms. The summed E-state index contributed by atoms with van der Waals surface area (Å²) in [5, 5.41) is 0. The number of alkyl halides is 3. The number of nitrogens with one attached hydrogen (secondary N) is 1. The van der Waals surface area contributed by atoms with Gasteiger partial charge in [0.05, 0.1) is 24.1 Å². The van der Waals surface area contributed by atoms with E-state index in [1.165, 1.54) is 24.7 Å². The normalized spacial score (nSPS) is 12.7. The molecule has 2 aromatic heterocycles. The lowest BCUT2D eigenvalue weighted by Gasteiger charge is -2.10. The largest absolute Gasteiger partial charge is 0.573 e. The molecule has 7 nitrogen and oxygen atoms in total. The topological polar surface area (TPSA) is 107 Å². The molecule has 1 atom stereocenters. The zero-order valence-electron chi connectivity index (χ0n) is 16.3. The van der Waals surface area contributed by atoms with E-state index in [4.69, 9.17) is 10.2 Å². The van der Waals surface area contributed by atoms with E-state index in [0.29, 0.717) is 31.2 Å². The number of H-pyrrole nitrogens is 1. The predicted octanol–water partition coefficient (Wildman–Crippen LogP) is 4.94. The van der Waals surface area contributed by atoms with Crippen LogP contribution in [0.25, 0.3) is 11.3 Å². The number of oxazole rings is 1. The fourth-order valence-corrected chi connectivity index (χ4v) is 3.00. The average Bonchev–Trinajstić information content (AvgIpc) is 3.38. The molecular formula is C20H20F4N4O3. The molecule has 0 fully saturated rings. The van der Waals surface area contributed by atoms with Crippen LogP contribution >= 0.6 is 0 Å². The highest BCUT2D eigenvalue weighted by Gasteiger charge is 2.31. The van der Waals surface area contributed by atoms with Gasteiger partial charge in [-0.3, -0.25) is 4.79 Å². The minimum absolute atomic E-state index is 0.0468. The van der Waals surface area contributed by atoms with E-state index in [0.717, 1.165) is 18.9 Å². The monoisotopic (exact) mass is 440 g/mol. The third-order valence-electron chi connectivity index (χ3n) is 4.50. The van der Waals surface area contributed by atoms with Crippen molar-refractivity contribution in [3.8, 4) is 17.0 Å². The van der Waals surface area contributed by atoms with Crippen LogP contribution in [0, 0.1) is 5.82 Å². The molecule has 3 aromatic rings. The quantitative estimate of drug-likeness (QED) is 0.263. The number of imidazole rings is 1. The highest BCUT2D eigenvalue weighted by Crippen LogP contribution is 2.29. The summed E-state index contributed by atoms with van der Waals surface area (Å²) in [7, 11) is 0. The van der Waals surface area contributed by atoms with Gasteiger partial charge in [0.15, 0.2) is 0 Å². The van der Waals surface area contributed by atoms with Crippen molar-refractivity contribution in [2.24, 2.45) is 5.73 Å². The van der Waals surface area contributed by atoms with Crippen molar-refractivity contribution in [3.05, 3.63) is 54.4 Å². The molecule has 0 saturated heterocycles. The van der Waals surface area contributed by atoms with Crippen molar-refractivity contribution in [2.45, 2.75) is 44.5 Å². The number of unbranched alkanes of at least 4 members (excludes halogenated alkanes) is 2. The number of carbonyl (C=O) groups is 1. The van der Waals surface area contributed by atoms with Crippen LogP contribution < -0.4 is 10.5 Å². The lowest BCUT2D eigenvalue weighted by atomic mass is 10.1. The first-order valence-electron chi connectivity index (χ1n) is 9.52. The number of aromatic nitrogens is 3. The molecular weight excluding hydrogens is 420 g/mol. The number of ether oxygens (including phenoxy) is 1. The highest BCUT2D eigenvalue weighted by molar-refractivity contribution is 5.91. The molecule has 0 aliphatic carbocycles. The van der Waals surface area contributed by atoms with Gasteiger partial charge in [-0.05, 0) is 25.0 Å². The summed E-state index contributed by atoms with van der Waals surface area (Å²) >= 11 is 0. The van der Waals surface area contributed by atoms with Crippen molar-refractivity contribution in [1.82, 2.24) is 15.0 Å². The Morgan fingerprint density at radius 3 is 2.71 bits per heavy atom. The Bertz CT molecular complexity index is 1000. The van der Waals surface area contributed by atoms with E-state index in [9.17, 15) is 22.4 Å². The number of benzene rings is 1. The second-order valence-electron chi connectivity index (χ2n) is 6.84. The standard InChI is InChI=1S/C20H20F4N4O3/c21-14-10-12(31-20(22,23)24)6-7-13(14)16-11-27-18(28-16)15(25)4-2-1-3-5-17(29)19-26-8-9-30-19/h6-11,15H,1-5,25H2,(H,27,28)/t15-/m0/s1. The molecule has 0 amide bonds. The molecule has 3 N–H and O–H groups in total. The molecule has 3 rings (SSSR count). The predicted molar refractivity (Wildman–Crippen MR) is 102 cm³/mol. The number of halogens is 4. The van der Waals surface area contributed by atoms with Crippen molar-refractivity contribution in [3.63, 3.8) is 0 Å². The van der Waals surface area contributed by atoms with E-state index < -0.39 is 24.0 Å². The Balaban J connectivity index is 1.49. The van der Waals surface area contributed by atoms with Crippen molar-refractivity contribution < 1.29 is 31.5 Å². The Morgan fingerprint density at radius 1 is 1.23 bits per heavy atom. The zero-order valence-corrected chi connectivity index (χ0v) is 16.3. The third-order valence-corrected chi connectivity index (χ3v) is 4.50. The molecule has 0 radical (unpaired) electrons. The Kier molecular flexibility index (Phi) is 7.06. The van der Waals surface area contributed by atoms with Gasteiger partial charge >= 0.3 is 6.36 Å². The number of aromatic amines is 1. The number of hydrogen-bond donors (Lipinski definition) is 2. The van der Waals surface area contributed by atoms with Crippen molar-refractivity contribution in [2.75, 3.05) is 0 Å². The summed E-state index contributed by atoms with van der Waals surface area (Å²) in [6.07, 6.45) is 2.32. The maximum absolute atomic E-state index is 14.2. The number of nitrogens with two attached hydrogens (primary N) is 1. The van der Waals surface area contributed by atoms with E-state index in [-0.39, 0.29) is 22.9 Å². The summed E-state index contributed by atoms with van der Waals surface area (Å²) < 4.78 is 59.6. The number of nitrogens with zero attached hydrogens (tertiary/aromatic N) is 2. The van der Waals surface area contributed by atoms with Crippen LogP contribution in [0.3, 0.4) is 0 Å². The minimum atomic E-state index is -4.90. The number of rotatable bonds is 10. The maximum atomic E-state index is 14.2. The van der Waals surface area contributed by atoms with Crippen LogP contribution in [-0.2, 0) is 0 Å². The summed E-state index contributed by atoms with van der Waals surface area (Å²) in [5.41, 5.74) is 6.45. The maximum Gasteiger partial charge on any atom is 0.573 e. The van der Waals surface area contributed by atoms with E-state index >= 15 is 0 Å². The van der Waals surface area contributed by atoms with Gasteiger partial charge in [-0.15, -0.1) is 13.2 Å². The third kappa shape index (κ3) is 6.38. The van der Waals surface area contributed by atoms with Crippen molar-refractivity contribution in [1.29, 1.82) is 0 Å². The highest BCUT2D eigenvalue weighted by atomic mass is 19.4. The molecule has 0 aliphatic heterocycles.